The maximum atomic E-state index is 11.7. The van der Waals surface area contributed by atoms with Crippen LogP contribution in [-0.4, -0.2) is 29.0 Å². The highest BCUT2D eigenvalue weighted by molar-refractivity contribution is 5.94. The van der Waals surface area contributed by atoms with E-state index in [2.05, 4.69) is 0 Å². The van der Waals surface area contributed by atoms with Crippen molar-refractivity contribution < 1.29 is 14.3 Å². The predicted octanol–water partition coefficient (Wildman–Crippen LogP) is 2.18. The zero-order valence-corrected chi connectivity index (χ0v) is 9.87. The van der Waals surface area contributed by atoms with Crippen LogP contribution in [0.3, 0.4) is 0 Å². The third-order valence-corrected chi connectivity index (χ3v) is 2.42. The first-order valence-corrected chi connectivity index (χ1v) is 5.39. The second-order valence-corrected chi connectivity index (χ2v) is 4.86. The van der Waals surface area contributed by atoms with Crippen molar-refractivity contribution in [1.82, 2.24) is 4.90 Å². The van der Waals surface area contributed by atoms with Crippen LogP contribution in [0.2, 0.25) is 0 Å². The summed E-state index contributed by atoms with van der Waals surface area (Å²) in [7, 11) is 0. The Bertz CT molecular complexity index is 267. The van der Waals surface area contributed by atoms with Gasteiger partial charge >= 0.3 is 6.09 Å². The third-order valence-electron chi connectivity index (χ3n) is 2.42. The highest BCUT2D eigenvalue weighted by atomic mass is 16.6. The normalized spacial score (nSPS) is 22.0. The second kappa shape index (κ2) is 4.21. The Morgan fingerprint density at radius 2 is 2.13 bits per heavy atom. The fourth-order valence-corrected chi connectivity index (χ4v) is 1.62. The molecule has 1 atom stereocenters. The minimum absolute atomic E-state index is 0.00230. The lowest BCUT2D eigenvalue weighted by Crippen LogP contribution is -2.38. The number of hydrogen-bond acceptors (Lipinski definition) is 3. The van der Waals surface area contributed by atoms with Gasteiger partial charge in [0.2, 0.25) is 5.91 Å². The molecule has 1 aliphatic rings. The minimum atomic E-state index is -0.540. The Hall–Kier alpha value is -1.06. The molecule has 0 N–H and O–H groups in total. The lowest BCUT2D eigenvalue weighted by atomic mass is 10.1. The van der Waals surface area contributed by atoms with Crippen LogP contribution in [0.15, 0.2) is 0 Å². The van der Waals surface area contributed by atoms with E-state index < -0.39 is 11.7 Å². The number of hydrogen-bond donors (Lipinski definition) is 0. The lowest BCUT2D eigenvalue weighted by molar-refractivity contribution is -0.130. The van der Waals surface area contributed by atoms with E-state index in [0.717, 1.165) is 12.8 Å². The van der Waals surface area contributed by atoms with Crippen LogP contribution in [0, 0.1) is 5.92 Å². The number of imide groups is 1. The molecule has 0 aromatic heterocycles. The Balaban J connectivity index is 2.59. The van der Waals surface area contributed by atoms with Crippen LogP contribution < -0.4 is 0 Å². The third kappa shape index (κ3) is 2.94. The van der Waals surface area contributed by atoms with Gasteiger partial charge in [0.25, 0.3) is 0 Å². The average molecular weight is 213 g/mol. The molecule has 4 nitrogen and oxygen atoms in total. The van der Waals surface area contributed by atoms with Crippen molar-refractivity contribution in [3.8, 4) is 0 Å². The molecule has 0 radical (unpaired) electrons. The van der Waals surface area contributed by atoms with Crippen LogP contribution in [-0.2, 0) is 9.53 Å². The van der Waals surface area contributed by atoms with Crippen LogP contribution in [0.4, 0.5) is 4.79 Å². The summed E-state index contributed by atoms with van der Waals surface area (Å²) in [5.41, 5.74) is -0.540. The molecule has 0 aliphatic carbocycles. The Labute approximate surface area is 90.6 Å². The smallest absolute Gasteiger partial charge is 0.417 e. The van der Waals surface area contributed by atoms with E-state index in [9.17, 15) is 9.59 Å². The van der Waals surface area contributed by atoms with E-state index in [1.807, 2.05) is 6.92 Å². The molecule has 86 valence electrons. The maximum absolute atomic E-state index is 11.7. The number of carbonyl (C=O) groups is 2. The van der Waals surface area contributed by atoms with Gasteiger partial charge in [-0.1, -0.05) is 6.92 Å². The van der Waals surface area contributed by atoms with Gasteiger partial charge in [0.1, 0.15) is 5.60 Å². The quantitative estimate of drug-likeness (QED) is 0.670. The first-order chi connectivity index (χ1) is 6.85. The fraction of sp³-hybridized carbons (Fsp3) is 0.818. The van der Waals surface area contributed by atoms with Crippen molar-refractivity contribution in [1.29, 1.82) is 0 Å². The molecule has 1 rings (SSSR count). The summed E-state index contributed by atoms with van der Waals surface area (Å²) in [6, 6.07) is 0. The highest BCUT2D eigenvalue weighted by Gasteiger charge is 2.36. The van der Waals surface area contributed by atoms with E-state index in [1.54, 1.807) is 20.8 Å². The standard InChI is InChI=1S/C11H19NO3/c1-5-8-6-7-12(9(8)13)10(14)15-11(2,3)4/h8H,5-7H2,1-4H3. The SMILES string of the molecule is CCC1CCN(C(=O)OC(C)(C)C)C1=O. The van der Waals surface area contributed by atoms with E-state index in [0.29, 0.717) is 6.54 Å². The number of likely N-dealkylation sites (tertiary alicyclic amines) is 1. The fourth-order valence-electron chi connectivity index (χ4n) is 1.62. The maximum Gasteiger partial charge on any atom is 0.417 e. The van der Waals surface area contributed by atoms with Crippen molar-refractivity contribution >= 4 is 12.0 Å². The topological polar surface area (TPSA) is 46.6 Å². The van der Waals surface area contributed by atoms with Gasteiger partial charge in [0, 0.05) is 12.5 Å². The first-order valence-electron chi connectivity index (χ1n) is 5.39. The molecule has 0 bridgehead atoms. The van der Waals surface area contributed by atoms with Gasteiger partial charge in [-0.2, -0.15) is 0 Å². The van der Waals surface area contributed by atoms with Crippen LogP contribution in [0.5, 0.6) is 0 Å². The lowest BCUT2D eigenvalue weighted by Gasteiger charge is -2.23. The van der Waals surface area contributed by atoms with E-state index >= 15 is 0 Å². The average Bonchev–Trinajstić information content (AvgIpc) is 2.43. The van der Waals surface area contributed by atoms with Gasteiger partial charge in [0.05, 0.1) is 0 Å². The van der Waals surface area contributed by atoms with E-state index in [-0.39, 0.29) is 11.8 Å². The minimum Gasteiger partial charge on any atom is -0.443 e. The summed E-state index contributed by atoms with van der Waals surface area (Å²) in [6.07, 6.45) is 1.04. The molecule has 0 spiro atoms. The second-order valence-electron chi connectivity index (χ2n) is 4.86. The highest BCUT2D eigenvalue weighted by Crippen LogP contribution is 2.22. The van der Waals surface area contributed by atoms with Gasteiger partial charge in [-0.3, -0.25) is 4.79 Å². The molecule has 1 saturated heterocycles. The predicted molar refractivity (Wildman–Crippen MR) is 56.3 cm³/mol. The molecule has 4 heteroatoms. The van der Waals surface area contributed by atoms with Crippen LogP contribution in [0.1, 0.15) is 40.5 Å². The van der Waals surface area contributed by atoms with Crippen molar-refractivity contribution in [3.05, 3.63) is 0 Å². The molecule has 0 aromatic carbocycles. The summed E-state index contributed by atoms with van der Waals surface area (Å²) in [5.74, 6) is -0.0933. The van der Waals surface area contributed by atoms with Crippen molar-refractivity contribution in [2.24, 2.45) is 5.92 Å². The van der Waals surface area contributed by atoms with Gasteiger partial charge in [-0.05, 0) is 33.6 Å². The molecule has 0 aromatic rings. The summed E-state index contributed by atoms with van der Waals surface area (Å²) in [4.78, 5) is 24.5. The number of carbonyl (C=O) groups excluding carboxylic acids is 2. The monoisotopic (exact) mass is 213 g/mol. The van der Waals surface area contributed by atoms with Gasteiger partial charge in [-0.25, -0.2) is 9.69 Å². The van der Waals surface area contributed by atoms with Gasteiger partial charge in [0.15, 0.2) is 0 Å². The molecular formula is C11H19NO3. The van der Waals surface area contributed by atoms with Crippen molar-refractivity contribution in [2.75, 3.05) is 6.54 Å². The molecule has 1 fully saturated rings. The first kappa shape index (κ1) is 12.0. The molecule has 2 amide bonds. The summed E-state index contributed by atoms with van der Waals surface area (Å²) >= 11 is 0. The largest absolute Gasteiger partial charge is 0.443 e. The number of rotatable bonds is 1. The molecule has 1 heterocycles. The van der Waals surface area contributed by atoms with Crippen LogP contribution in [0.25, 0.3) is 0 Å². The molecule has 1 aliphatic heterocycles. The molecule has 1 unspecified atom stereocenters. The summed E-state index contributed by atoms with van der Waals surface area (Å²) in [5, 5.41) is 0. The van der Waals surface area contributed by atoms with Crippen molar-refractivity contribution in [2.45, 2.75) is 46.1 Å². The zero-order chi connectivity index (χ0) is 11.6. The summed E-state index contributed by atoms with van der Waals surface area (Å²) < 4.78 is 5.15. The zero-order valence-electron chi connectivity index (χ0n) is 9.87. The summed E-state index contributed by atoms with van der Waals surface area (Å²) in [6.45, 7) is 7.83. The Morgan fingerprint density at radius 3 is 2.53 bits per heavy atom. The molecule has 15 heavy (non-hydrogen) atoms. The van der Waals surface area contributed by atoms with Crippen LogP contribution >= 0.6 is 0 Å². The number of nitrogens with zero attached hydrogens (tertiary/aromatic N) is 1. The Morgan fingerprint density at radius 1 is 1.53 bits per heavy atom. The van der Waals surface area contributed by atoms with Gasteiger partial charge < -0.3 is 4.74 Å². The number of amides is 2. The molecular weight excluding hydrogens is 194 g/mol. The van der Waals surface area contributed by atoms with E-state index in [1.165, 1.54) is 4.90 Å². The van der Waals surface area contributed by atoms with E-state index in [4.69, 9.17) is 4.74 Å². The molecule has 0 saturated carbocycles. The Kier molecular flexibility index (Phi) is 3.37. The van der Waals surface area contributed by atoms with Gasteiger partial charge in [-0.15, -0.1) is 0 Å². The van der Waals surface area contributed by atoms with Crippen molar-refractivity contribution in [3.63, 3.8) is 0 Å². The number of ether oxygens (including phenoxy) is 1.